The van der Waals surface area contributed by atoms with Crippen LogP contribution in [0.1, 0.15) is 46.5 Å². The number of nitrogens with one attached hydrogen (secondary N) is 1. The molecule has 1 N–H and O–H groups in total. The maximum Gasteiger partial charge on any atom is 0.0963 e. The van der Waals surface area contributed by atoms with Crippen molar-refractivity contribution >= 4 is 5.84 Å². The molecule has 0 saturated heterocycles. The summed E-state index contributed by atoms with van der Waals surface area (Å²) in [6.07, 6.45) is 4.95. The SMILES string of the molecule is CC(C)(C)CCNC1=NCCCC1. The van der Waals surface area contributed by atoms with E-state index in [1.807, 2.05) is 0 Å². The Morgan fingerprint density at radius 2 is 2.08 bits per heavy atom. The molecule has 1 rings (SSSR count). The maximum atomic E-state index is 4.45. The Labute approximate surface area is 81.8 Å². The Morgan fingerprint density at radius 3 is 2.62 bits per heavy atom. The Kier molecular flexibility index (Phi) is 3.76. The fraction of sp³-hybridized carbons (Fsp3) is 0.909. The van der Waals surface area contributed by atoms with Crippen LogP contribution in [0.15, 0.2) is 4.99 Å². The third-order valence-electron chi connectivity index (χ3n) is 2.33. The van der Waals surface area contributed by atoms with Crippen LogP contribution in [0.4, 0.5) is 0 Å². The van der Waals surface area contributed by atoms with Crippen LogP contribution in [0.25, 0.3) is 0 Å². The van der Waals surface area contributed by atoms with Gasteiger partial charge in [-0.2, -0.15) is 0 Å². The van der Waals surface area contributed by atoms with Gasteiger partial charge in [-0.05, 0) is 24.7 Å². The largest absolute Gasteiger partial charge is 0.374 e. The maximum absolute atomic E-state index is 4.45. The van der Waals surface area contributed by atoms with E-state index in [9.17, 15) is 0 Å². The lowest BCUT2D eigenvalue weighted by Gasteiger charge is -2.20. The topological polar surface area (TPSA) is 24.4 Å². The van der Waals surface area contributed by atoms with Gasteiger partial charge < -0.3 is 5.32 Å². The van der Waals surface area contributed by atoms with Crippen LogP contribution in [0, 0.1) is 5.41 Å². The Balaban J connectivity index is 2.15. The predicted octanol–water partition coefficient (Wildman–Crippen LogP) is 2.59. The molecule has 0 aromatic heterocycles. The molecule has 0 aliphatic carbocycles. The highest BCUT2D eigenvalue weighted by atomic mass is 15.0. The zero-order valence-corrected chi connectivity index (χ0v) is 9.19. The normalized spacial score (nSPS) is 18.2. The standard InChI is InChI=1S/C11H22N2/c1-11(2,3)7-9-13-10-6-4-5-8-12-10/h4-9H2,1-3H3,(H,12,13). The molecule has 0 saturated carbocycles. The molecule has 1 aliphatic heterocycles. The lowest BCUT2D eigenvalue weighted by Crippen LogP contribution is -2.28. The summed E-state index contributed by atoms with van der Waals surface area (Å²) >= 11 is 0. The van der Waals surface area contributed by atoms with Gasteiger partial charge >= 0.3 is 0 Å². The summed E-state index contributed by atoms with van der Waals surface area (Å²) in [6.45, 7) is 8.92. The molecule has 2 heteroatoms. The minimum atomic E-state index is 0.433. The molecule has 0 atom stereocenters. The van der Waals surface area contributed by atoms with Crippen molar-refractivity contribution in [1.29, 1.82) is 0 Å². The van der Waals surface area contributed by atoms with Crippen LogP contribution in [0.5, 0.6) is 0 Å². The second kappa shape index (κ2) is 4.64. The van der Waals surface area contributed by atoms with Gasteiger partial charge in [0, 0.05) is 19.5 Å². The Hall–Kier alpha value is -0.530. The predicted molar refractivity (Wildman–Crippen MR) is 58.2 cm³/mol. The summed E-state index contributed by atoms with van der Waals surface area (Å²) in [5, 5.41) is 3.43. The van der Waals surface area contributed by atoms with Gasteiger partial charge in [0.15, 0.2) is 0 Å². The van der Waals surface area contributed by atoms with Crippen LogP contribution < -0.4 is 5.32 Å². The van der Waals surface area contributed by atoms with E-state index in [4.69, 9.17) is 0 Å². The van der Waals surface area contributed by atoms with Crippen molar-refractivity contribution in [3.8, 4) is 0 Å². The van der Waals surface area contributed by atoms with E-state index in [2.05, 4.69) is 31.1 Å². The van der Waals surface area contributed by atoms with Crippen molar-refractivity contribution in [1.82, 2.24) is 5.32 Å². The summed E-state index contributed by atoms with van der Waals surface area (Å²) in [5.41, 5.74) is 0.433. The average Bonchev–Trinajstić information content (AvgIpc) is 2.04. The molecular formula is C11H22N2. The zero-order chi connectivity index (χ0) is 9.73. The molecule has 0 bridgehead atoms. The van der Waals surface area contributed by atoms with E-state index < -0.39 is 0 Å². The van der Waals surface area contributed by atoms with Crippen molar-refractivity contribution in [2.24, 2.45) is 10.4 Å². The number of hydrogen-bond donors (Lipinski definition) is 1. The number of rotatable bonds is 2. The Bertz CT molecular complexity index is 177. The van der Waals surface area contributed by atoms with Gasteiger partial charge in [-0.1, -0.05) is 20.8 Å². The molecule has 0 aromatic rings. The van der Waals surface area contributed by atoms with E-state index in [0.717, 1.165) is 19.5 Å². The minimum Gasteiger partial charge on any atom is -0.374 e. The smallest absolute Gasteiger partial charge is 0.0963 e. The summed E-state index contributed by atoms with van der Waals surface area (Å²) < 4.78 is 0. The van der Waals surface area contributed by atoms with Gasteiger partial charge in [-0.25, -0.2) is 0 Å². The minimum absolute atomic E-state index is 0.433. The quantitative estimate of drug-likeness (QED) is 0.697. The molecule has 1 aliphatic rings. The van der Waals surface area contributed by atoms with Crippen LogP contribution in [-0.2, 0) is 0 Å². The molecule has 0 fully saturated rings. The van der Waals surface area contributed by atoms with Gasteiger partial charge in [-0.3, -0.25) is 4.99 Å². The first-order chi connectivity index (χ1) is 6.08. The molecule has 0 spiro atoms. The lowest BCUT2D eigenvalue weighted by atomic mass is 9.92. The highest BCUT2D eigenvalue weighted by Crippen LogP contribution is 2.17. The molecule has 1 heterocycles. The Morgan fingerprint density at radius 1 is 1.31 bits per heavy atom. The van der Waals surface area contributed by atoms with E-state index in [0.29, 0.717) is 5.41 Å². The van der Waals surface area contributed by atoms with Gasteiger partial charge in [0.2, 0.25) is 0 Å². The highest BCUT2D eigenvalue weighted by Gasteiger charge is 2.10. The number of nitrogens with zero attached hydrogens (tertiary/aromatic N) is 1. The first kappa shape index (κ1) is 10.6. The van der Waals surface area contributed by atoms with Crippen LogP contribution in [-0.4, -0.2) is 18.9 Å². The molecule has 13 heavy (non-hydrogen) atoms. The fourth-order valence-corrected chi connectivity index (χ4v) is 1.42. The van der Waals surface area contributed by atoms with E-state index in [-0.39, 0.29) is 0 Å². The van der Waals surface area contributed by atoms with Crippen molar-refractivity contribution in [2.45, 2.75) is 46.5 Å². The number of amidine groups is 1. The average molecular weight is 182 g/mol. The van der Waals surface area contributed by atoms with Crippen LogP contribution >= 0.6 is 0 Å². The zero-order valence-electron chi connectivity index (χ0n) is 9.19. The summed E-state index contributed by atoms with van der Waals surface area (Å²) in [6, 6.07) is 0. The number of hydrogen-bond acceptors (Lipinski definition) is 2. The van der Waals surface area contributed by atoms with Crippen molar-refractivity contribution in [3.05, 3.63) is 0 Å². The molecule has 2 nitrogen and oxygen atoms in total. The third-order valence-corrected chi connectivity index (χ3v) is 2.33. The summed E-state index contributed by atoms with van der Waals surface area (Å²) in [5.74, 6) is 1.23. The van der Waals surface area contributed by atoms with E-state index in [1.165, 1.54) is 25.1 Å². The van der Waals surface area contributed by atoms with Gasteiger partial charge in [0.25, 0.3) is 0 Å². The van der Waals surface area contributed by atoms with Crippen molar-refractivity contribution < 1.29 is 0 Å². The molecule has 0 unspecified atom stereocenters. The van der Waals surface area contributed by atoms with Gasteiger partial charge in [0.1, 0.15) is 0 Å². The molecule has 0 radical (unpaired) electrons. The van der Waals surface area contributed by atoms with Crippen molar-refractivity contribution in [2.75, 3.05) is 13.1 Å². The van der Waals surface area contributed by atoms with E-state index >= 15 is 0 Å². The first-order valence-electron chi connectivity index (χ1n) is 5.35. The van der Waals surface area contributed by atoms with E-state index in [1.54, 1.807) is 0 Å². The molecular weight excluding hydrogens is 160 g/mol. The van der Waals surface area contributed by atoms with Crippen molar-refractivity contribution in [3.63, 3.8) is 0 Å². The summed E-state index contributed by atoms with van der Waals surface area (Å²) in [7, 11) is 0. The second-order valence-corrected chi connectivity index (χ2v) is 5.02. The summed E-state index contributed by atoms with van der Waals surface area (Å²) in [4.78, 5) is 4.45. The first-order valence-corrected chi connectivity index (χ1v) is 5.35. The monoisotopic (exact) mass is 182 g/mol. The fourth-order valence-electron chi connectivity index (χ4n) is 1.42. The lowest BCUT2D eigenvalue weighted by molar-refractivity contribution is 0.377. The van der Waals surface area contributed by atoms with Gasteiger partial charge in [0.05, 0.1) is 5.84 Å². The van der Waals surface area contributed by atoms with Crippen LogP contribution in [0.3, 0.4) is 0 Å². The third kappa shape index (κ3) is 4.91. The highest BCUT2D eigenvalue weighted by molar-refractivity contribution is 5.82. The molecule has 76 valence electrons. The molecule has 0 amide bonds. The number of aliphatic imine (C=N–C) groups is 1. The van der Waals surface area contributed by atoms with Gasteiger partial charge in [-0.15, -0.1) is 0 Å². The second-order valence-electron chi connectivity index (χ2n) is 5.02. The molecule has 0 aromatic carbocycles. The van der Waals surface area contributed by atoms with Crippen LogP contribution in [0.2, 0.25) is 0 Å².